The third-order valence-electron chi connectivity index (χ3n) is 12.2. The molecular weight excluding hydrogens is 717 g/mol. The number of rotatable bonds is 17. The van der Waals surface area contributed by atoms with Crippen LogP contribution in [0.15, 0.2) is 97.1 Å². The molecule has 2 saturated carbocycles. The Hall–Kier alpha value is -4.40. The zero-order valence-electron chi connectivity index (χ0n) is 37.2. The van der Waals surface area contributed by atoms with E-state index in [1.54, 1.807) is 0 Å². The van der Waals surface area contributed by atoms with Crippen LogP contribution in [-0.2, 0) is 12.8 Å². The maximum Gasteiger partial charge on any atom is 0.119 e. The second-order valence-electron chi connectivity index (χ2n) is 17.1. The fraction of sp³-hybridized carbons (Fsp3) is 0.509. The van der Waals surface area contributed by atoms with Gasteiger partial charge in [-0.2, -0.15) is 0 Å². The van der Waals surface area contributed by atoms with Gasteiger partial charge in [-0.15, -0.1) is 0 Å². The third-order valence-corrected chi connectivity index (χ3v) is 12.2. The first-order chi connectivity index (χ1) is 29.1. The van der Waals surface area contributed by atoms with Crippen molar-refractivity contribution in [3.05, 3.63) is 130 Å². The van der Waals surface area contributed by atoms with Crippen LogP contribution < -0.4 is 9.47 Å². The van der Waals surface area contributed by atoms with Crippen LogP contribution in [0.1, 0.15) is 182 Å². The summed E-state index contributed by atoms with van der Waals surface area (Å²) >= 11 is 0. The van der Waals surface area contributed by atoms with E-state index in [9.17, 15) is 0 Å². The lowest BCUT2D eigenvalue weighted by Gasteiger charge is -2.26. The van der Waals surface area contributed by atoms with E-state index in [1.165, 1.54) is 131 Å². The molecule has 0 bridgehead atoms. The van der Waals surface area contributed by atoms with Gasteiger partial charge in [-0.1, -0.05) is 132 Å². The molecule has 0 aromatic heterocycles. The van der Waals surface area contributed by atoms with Crippen molar-refractivity contribution in [2.45, 2.75) is 162 Å². The van der Waals surface area contributed by atoms with Gasteiger partial charge in [0.05, 0.1) is 13.2 Å². The van der Waals surface area contributed by atoms with Gasteiger partial charge < -0.3 is 9.47 Å². The van der Waals surface area contributed by atoms with Crippen LogP contribution in [0.25, 0.3) is 0 Å². The second-order valence-corrected chi connectivity index (χ2v) is 17.1. The molecule has 6 rings (SSSR count). The predicted octanol–water partition coefficient (Wildman–Crippen LogP) is 15.5. The summed E-state index contributed by atoms with van der Waals surface area (Å²) in [6.45, 7) is 10.3. The van der Waals surface area contributed by atoms with Crippen molar-refractivity contribution in [2.24, 2.45) is 11.8 Å². The Balaban J connectivity index is 0.000000224. The summed E-state index contributed by atoms with van der Waals surface area (Å²) in [5.41, 5.74) is 8.23. The quantitative estimate of drug-likeness (QED) is 0.0783. The van der Waals surface area contributed by atoms with Gasteiger partial charge in [0, 0.05) is 23.0 Å². The predicted molar refractivity (Wildman–Crippen MR) is 252 cm³/mol. The molecule has 2 nitrogen and oxygen atoms in total. The van der Waals surface area contributed by atoms with Gasteiger partial charge in [0.25, 0.3) is 0 Å². The molecule has 59 heavy (non-hydrogen) atoms. The van der Waals surface area contributed by atoms with Gasteiger partial charge in [-0.05, 0) is 173 Å². The molecular formula is C57H74O2. The Kier molecular flexibility index (Phi) is 20.6. The first kappa shape index (κ1) is 45.7. The SMILES string of the molecule is CCCCCCc1ccc([C@H]2CC[C@H](C#Cc3ccc(OCCC)cc3)CC2)cc1.CCCCCc1ccc([C@H]2CC[C@H](C#Cc3ccc(OCCC)cc3)CC2)cc1. The molecule has 0 saturated heterocycles. The molecule has 2 heteroatoms. The highest BCUT2D eigenvalue weighted by Gasteiger charge is 2.22. The molecule has 0 aliphatic heterocycles. The Morgan fingerprint density at radius 3 is 1.15 bits per heavy atom. The summed E-state index contributed by atoms with van der Waals surface area (Å²) in [6, 6.07) is 35.4. The van der Waals surface area contributed by atoms with Crippen LogP contribution in [0, 0.1) is 35.5 Å². The number of hydrogen-bond donors (Lipinski definition) is 0. The third kappa shape index (κ3) is 16.6. The van der Waals surface area contributed by atoms with Gasteiger partial charge in [0.2, 0.25) is 0 Å². The van der Waals surface area contributed by atoms with Crippen molar-refractivity contribution in [3.63, 3.8) is 0 Å². The van der Waals surface area contributed by atoms with Crippen molar-refractivity contribution in [3.8, 4) is 35.2 Å². The Bertz CT molecular complexity index is 1830. The number of unbranched alkanes of at least 4 members (excludes halogenated alkanes) is 5. The van der Waals surface area contributed by atoms with E-state index >= 15 is 0 Å². The van der Waals surface area contributed by atoms with Gasteiger partial charge >= 0.3 is 0 Å². The van der Waals surface area contributed by atoms with Gasteiger partial charge in [0.15, 0.2) is 0 Å². The highest BCUT2D eigenvalue weighted by atomic mass is 16.5. The molecule has 0 spiro atoms. The maximum absolute atomic E-state index is 5.65. The van der Waals surface area contributed by atoms with Crippen LogP contribution in [0.5, 0.6) is 11.5 Å². The molecule has 314 valence electrons. The van der Waals surface area contributed by atoms with E-state index in [0.29, 0.717) is 23.7 Å². The lowest BCUT2D eigenvalue weighted by molar-refractivity contribution is 0.317. The van der Waals surface area contributed by atoms with Gasteiger partial charge in [0.1, 0.15) is 11.5 Å². The fourth-order valence-electron chi connectivity index (χ4n) is 8.47. The number of hydrogen-bond acceptors (Lipinski definition) is 2. The molecule has 4 aromatic carbocycles. The summed E-state index contributed by atoms with van der Waals surface area (Å²) in [5, 5.41) is 0. The minimum absolute atomic E-state index is 0.537. The average molecular weight is 791 g/mol. The van der Waals surface area contributed by atoms with E-state index in [1.807, 2.05) is 24.3 Å². The molecule has 4 aromatic rings. The van der Waals surface area contributed by atoms with E-state index in [0.717, 1.165) is 48.7 Å². The zero-order valence-corrected chi connectivity index (χ0v) is 37.2. The first-order valence-corrected chi connectivity index (χ1v) is 23.7. The molecule has 2 aliphatic rings. The largest absolute Gasteiger partial charge is 0.494 e. The van der Waals surface area contributed by atoms with E-state index in [2.05, 4.69) is 124 Å². The molecule has 0 amide bonds. The van der Waals surface area contributed by atoms with Crippen LogP contribution in [0.4, 0.5) is 0 Å². The first-order valence-electron chi connectivity index (χ1n) is 23.7. The molecule has 0 radical (unpaired) electrons. The van der Waals surface area contributed by atoms with Gasteiger partial charge in [-0.3, -0.25) is 0 Å². The highest BCUT2D eigenvalue weighted by molar-refractivity contribution is 5.40. The van der Waals surface area contributed by atoms with Crippen LogP contribution in [-0.4, -0.2) is 13.2 Å². The van der Waals surface area contributed by atoms with Crippen molar-refractivity contribution >= 4 is 0 Å². The smallest absolute Gasteiger partial charge is 0.119 e. The molecule has 0 atom stereocenters. The highest BCUT2D eigenvalue weighted by Crippen LogP contribution is 2.37. The van der Waals surface area contributed by atoms with Crippen molar-refractivity contribution in [1.82, 2.24) is 0 Å². The normalized spacial score (nSPS) is 18.6. The van der Waals surface area contributed by atoms with Crippen LogP contribution >= 0.6 is 0 Å². The molecule has 0 unspecified atom stereocenters. The Labute approximate surface area is 360 Å². The zero-order chi connectivity index (χ0) is 41.3. The molecule has 2 fully saturated rings. The molecule has 0 N–H and O–H groups in total. The fourth-order valence-corrected chi connectivity index (χ4v) is 8.47. The number of benzene rings is 4. The molecule has 2 aliphatic carbocycles. The number of ether oxygens (including phenoxy) is 2. The average Bonchev–Trinajstić information content (AvgIpc) is 3.29. The van der Waals surface area contributed by atoms with Crippen LogP contribution in [0.3, 0.4) is 0 Å². The molecule has 0 heterocycles. The summed E-state index contributed by atoms with van der Waals surface area (Å²) < 4.78 is 11.3. The summed E-state index contributed by atoms with van der Waals surface area (Å²) in [5.74, 6) is 18.2. The topological polar surface area (TPSA) is 18.5 Å². The lowest BCUT2D eigenvalue weighted by Crippen LogP contribution is -2.12. The monoisotopic (exact) mass is 791 g/mol. The van der Waals surface area contributed by atoms with Crippen molar-refractivity contribution in [1.29, 1.82) is 0 Å². The minimum Gasteiger partial charge on any atom is -0.494 e. The van der Waals surface area contributed by atoms with Crippen molar-refractivity contribution < 1.29 is 9.47 Å². The Morgan fingerprint density at radius 2 is 0.780 bits per heavy atom. The summed E-state index contributed by atoms with van der Waals surface area (Å²) in [7, 11) is 0. The number of aryl methyl sites for hydroxylation is 2. The lowest BCUT2D eigenvalue weighted by atomic mass is 9.78. The van der Waals surface area contributed by atoms with Crippen LogP contribution in [0.2, 0.25) is 0 Å². The van der Waals surface area contributed by atoms with Gasteiger partial charge in [-0.25, -0.2) is 0 Å². The minimum atomic E-state index is 0.537. The standard InChI is InChI=1S/C29H38O.C28H36O/c1-3-5-6-7-8-24-11-17-27(18-12-24)28-19-13-25(14-20-28)9-10-26-15-21-29(22-16-26)30-23-4-2;1-3-5-6-7-23-10-16-26(17-11-23)27-18-12-24(13-19-27)8-9-25-14-20-28(21-15-25)29-22-4-2/h11-12,15-18,21-22,25,28H,3-8,13-14,19-20,23H2,1-2H3;10-11,14-17,20-21,24,27H,3-7,12-13,18-19,22H2,1-2H3/t25-,28-;24-,27-. The van der Waals surface area contributed by atoms with E-state index in [4.69, 9.17) is 9.47 Å². The summed E-state index contributed by atoms with van der Waals surface area (Å²) in [6.07, 6.45) is 23.7. The van der Waals surface area contributed by atoms with E-state index in [-0.39, 0.29) is 0 Å². The maximum atomic E-state index is 5.65. The van der Waals surface area contributed by atoms with E-state index < -0.39 is 0 Å². The second kappa shape index (κ2) is 26.6. The van der Waals surface area contributed by atoms with Crippen molar-refractivity contribution in [2.75, 3.05) is 13.2 Å². The Morgan fingerprint density at radius 1 is 0.407 bits per heavy atom. The summed E-state index contributed by atoms with van der Waals surface area (Å²) in [4.78, 5) is 0.